The van der Waals surface area contributed by atoms with Crippen LogP contribution in [-0.2, 0) is 0 Å². The van der Waals surface area contributed by atoms with Crippen LogP contribution in [0.25, 0.3) is 20.9 Å². The van der Waals surface area contributed by atoms with E-state index in [9.17, 15) is 4.79 Å². The number of thiazole rings is 1. The van der Waals surface area contributed by atoms with Gasteiger partial charge in [0, 0.05) is 11.6 Å². The average molecular weight is 339 g/mol. The molecule has 1 aliphatic rings. The third-order valence-corrected chi connectivity index (χ3v) is 5.85. The fourth-order valence-corrected chi connectivity index (χ4v) is 4.28. The van der Waals surface area contributed by atoms with Crippen molar-refractivity contribution >= 4 is 27.6 Å². The normalized spacial score (nSPS) is 21.0. The minimum atomic E-state index is -0.0129. The van der Waals surface area contributed by atoms with Crippen LogP contribution in [0.4, 0.5) is 0 Å². The summed E-state index contributed by atoms with van der Waals surface area (Å²) in [7, 11) is 0. The number of aromatic amines is 1. The quantitative estimate of drug-likeness (QED) is 0.732. The minimum absolute atomic E-state index is 0.0129. The van der Waals surface area contributed by atoms with E-state index in [1.165, 1.54) is 12.8 Å². The van der Waals surface area contributed by atoms with E-state index in [4.69, 9.17) is 0 Å². The Balaban J connectivity index is 1.49. The molecule has 0 spiro atoms. The number of carbonyl (C=O) groups is 1. The summed E-state index contributed by atoms with van der Waals surface area (Å²) in [5, 5.41) is 4.14. The topological polar surface area (TPSA) is 57.8 Å². The number of nitrogens with one attached hydrogen (secondary N) is 2. The SMILES string of the molecule is C[C@H]1CC[C@H](NC(=O)c2cc3sc(-c4ccccc4)nc3[nH]2)CC1. The van der Waals surface area contributed by atoms with Gasteiger partial charge in [0.2, 0.25) is 0 Å². The Morgan fingerprint density at radius 1 is 1.21 bits per heavy atom. The van der Waals surface area contributed by atoms with Gasteiger partial charge in [-0.25, -0.2) is 4.98 Å². The second-order valence-electron chi connectivity index (χ2n) is 6.71. The van der Waals surface area contributed by atoms with E-state index < -0.39 is 0 Å². The van der Waals surface area contributed by atoms with Crippen LogP contribution in [0, 0.1) is 5.92 Å². The van der Waals surface area contributed by atoms with Crippen molar-refractivity contribution in [2.24, 2.45) is 5.92 Å². The Kier molecular flexibility index (Phi) is 4.10. The van der Waals surface area contributed by atoms with Gasteiger partial charge in [-0.3, -0.25) is 4.79 Å². The molecule has 0 unspecified atom stereocenters. The summed E-state index contributed by atoms with van der Waals surface area (Å²) in [4.78, 5) is 20.2. The van der Waals surface area contributed by atoms with Gasteiger partial charge in [0.15, 0.2) is 0 Å². The molecular weight excluding hydrogens is 318 g/mol. The molecule has 1 amide bonds. The number of fused-ring (bicyclic) bond motifs is 1. The second-order valence-corrected chi connectivity index (χ2v) is 7.74. The maximum absolute atomic E-state index is 12.5. The van der Waals surface area contributed by atoms with Crippen molar-refractivity contribution in [2.75, 3.05) is 0 Å². The van der Waals surface area contributed by atoms with Crippen LogP contribution < -0.4 is 5.32 Å². The third kappa shape index (κ3) is 3.08. The highest BCUT2D eigenvalue weighted by atomic mass is 32.1. The summed E-state index contributed by atoms with van der Waals surface area (Å²) < 4.78 is 1.02. The van der Waals surface area contributed by atoms with Crippen LogP contribution in [0.1, 0.15) is 43.1 Å². The minimum Gasteiger partial charge on any atom is -0.348 e. The molecule has 4 nitrogen and oxygen atoms in total. The zero-order chi connectivity index (χ0) is 16.5. The van der Waals surface area contributed by atoms with Gasteiger partial charge < -0.3 is 10.3 Å². The van der Waals surface area contributed by atoms with Crippen LogP contribution in [-0.4, -0.2) is 21.9 Å². The van der Waals surface area contributed by atoms with Gasteiger partial charge in [-0.1, -0.05) is 37.3 Å². The van der Waals surface area contributed by atoms with Gasteiger partial charge in [0.25, 0.3) is 5.91 Å². The molecule has 3 aromatic rings. The molecule has 0 aliphatic heterocycles. The highest BCUT2D eigenvalue weighted by Gasteiger charge is 2.21. The number of hydrogen-bond acceptors (Lipinski definition) is 3. The fourth-order valence-electron chi connectivity index (χ4n) is 3.31. The lowest BCUT2D eigenvalue weighted by Crippen LogP contribution is -2.37. The second kappa shape index (κ2) is 6.40. The van der Waals surface area contributed by atoms with E-state index in [-0.39, 0.29) is 5.91 Å². The van der Waals surface area contributed by atoms with Crippen LogP contribution in [0.5, 0.6) is 0 Å². The molecule has 1 fully saturated rings. The first-order chi connectivity index (χ1) is 11.7. The van der Waals surface area contributed by atoms with Gasteiger partial charge in [0.1, 0.15) is 16.3 Å². The molecule has 4 rings (SSSR count). The van der Waals surface area contributed by atoms with Crippen LogP contribution in [0.2, 0.25) is 0 Å². The zero-order valence-corrected chi connectivity index (χ0v) is 14.5. The summed E-state index contributed by atoms with van der Waals surface area (Å²) in [6.45, 7) is 2.28. The summed E-state index contributed by atoms with van der Waals surface area (Å²) in [5.74, 6) is 0.774. The number of nitrogens with zero attached hydrogens (tertiary/aromatic N) is 1. The van der Waals surface area contributed by atoms with E-state index in [2.05, 4.69) is 34.3 Å². The third-order valence-electron chi connectivity index (χ3n) is 4.80. The van der Waals surface area contributed by atoms with Crippen molar-refractivity contribution < 1.29 is 4.79 Å². The average Bonchev–Trinajstić information content (AvgIpc) is 3.17. The zero-order valence-electron chi connectivity index (χ0n) is 13.7. The molecule has 1 aromatic carbocycles. The number of hydrogen-bond donors (Lipinski definition) is 2. The van der Waals surface area contributed by atoms with E-state index in [0.717, 1.165) is 39.7 Å². The molecule has 1 aliphatic carbocycles. The van der Waals surface area contributed by atoms with E-state index in [1.807, 2.05) is 24.3 Å². The molecule has 0 bridgehead atoms. The summed E-state index contributed by atoms with van der Waals surface area (Å²) in [6.07, 6.45) is 4.57. The largest absolute Gasteiger partial charge is 0.348 e. The molecular formula is C19H21N3OS. The number of amides is 1. The maximum Gasteiger partial charge on any atom is 0.268 e. The summed E-state index contributed by atoms with van der Waals surface area (Å²) >= 11 is 1.61. The summed E-state index contributed by atoms with van der Waals surface area (Å²) in [6, 6.07) is 12.3. The standard InChI is InChI=1S/C19H21N3OS/c1-12-7-9-14(10-8-12)20-18(23)15-11-16-17(21-15)22-19(24-16)13-5-3-2-4-6-13/h2-6,11-12,14,21H,7-10H2,1H3,(H,20,23)/t12-,14-. The number of benzene rings is 1. The van der Waals surface area contributed by atoms with Crippen molar-refractivity contribution in [1.82, 2.24) is 15.3 Å². The van der Waals surface area contributed by atoms with Crippen LogP contribution >= 0.6 is 11.3 Å². The lowest BCUT2D eigenvalue weighted by Gasteiger charge is -2.26. The van der Waals surface area contributed by atoms with Gasteiger partial charge >= 0.3 is 0 Å². The summed E-state index contributed by atoms with van der Waals surface area (Å²) in [5.41, 5.74) is 2.51. The van der Waals surface area contributed by atoms with E-state index in [0.29, 0.717) is 11.7 Å². The molecule has 24 heavy (non-hydrogen) atoms. The van der Waals surface area contributed by atoms with E-state index in [1.54, 1.807) is 11.3 Å². The lowest BCUT2D eigenvalue weighted by atomic mass is 9.87. The Morgan fingerprint density at radius 2 is 1.96 bits per heavy atom. The molecule has 2 N–H and O–H groups in total. The lowest BCUT2D eigenvalue weighted by molar-refractivity contribution is 0.0918. The Bertz CT molecular complexity index is 813. The molecule has 2 aromatic heterocycles. The van der Waals surface area contributed by atoms with Crippen molar-refractivity contribution in [2.45, 2.75) is 38.6 Å². The molecule has 1 saturated carbocycles. The predicted molar refractivity (Wildman–Crippen MR) is 98.3 cm³/mol. The first kappa shape index (κ1) is 15.4. The highest BCUT2D eigenvalue weighted by molar-refractivity contribution is 7.21. The van der Waals surface area contributed by atoms with Crippen molar-refractivity contribution in [3.63, 3.8) is 0 Å². The first-order valence-electron chi connectivity index (χ1n) is 8.55. The predicted octanol–water partition coefficient (Wildman–Crippen LogP) is 4.60. The van der Waals surface area contributed by atoms with Crippen molar-refractivity contribution in [3.8, 4) is 10.6 Å². The Morgan fingerprint density at radius 3 is 2.67 bits per heavy atom. The molecule has 0 saturated heterocycles. The van der Waals surface area contributed by atoms with Crippen LogP contribution in [0.15, 0.2) is 36.4 Å². The fraction of sp³-hybridized carbons (Fsp3) is 0.368. The monoisotopic (exact) mass is 339 g/mol. The molecule has 124 valence electrons. The molecule has 0 radical (unpaired) electrons. The van der Waals surface area contributed by atoms with E-state index >= 15 is 0 Å². The van der Waals surface area contributed by atoms with Crippen molar-refractivity contribution in [1.29, 1.82) is 0 Å². The molecule has 5 heteroatoms. The number of H-pyrrole nitrogens is 1. The van der Waals surface area contributed by atoms with Gasteiger partial charge in [-0.15, -0.1) is 11.3 Å². The number of rotatable bonds is 3. The maximum atomic E-state index is 12.5. The smallest absolute Gasteiger partial charge is 0.268 e. The van der Waals surface area contributed by atoms with Gasteiger partial charge in [0.05, 0.1) is 4.70 Å². The highest BCUT2D eigenvalue weighted by Crippen LogP contribution is 2.30. The van der Waals surface area contributed by atoms with Crippen molar-refractivity contribution in [3.05, 3.63) is 42.1 Å². The molecule has 2 heterocycles. The van der Waals surface area contributed by atoms with Gasteiger partial charge in [-0.2, -0.15) is 0 Å². The number of carbonyl (C=O) groups excluding carboxylic acids is 1. The Hall–Kier alpha value is -2.14. The first-order valence-corrected chi connectivity index (χ1v) is 9.36. The van der Waals surface area contributed by atoms with Gasteiger partial charge in [-0.05, 0) is 37.7 Å². The Labute approximate surface area is 145 Å². The van der Waals surface area contributed by atoms with Crippen LogP contribution in [0.3, 0.4) is 0 Å². The number of aromatic nitrogens is 2. The molecule has 0 atom stereocenters.